The van der Waals surface area contributed by atoms with Crippen LogP contribution in [0.15, 0.2) is 39.4 Å². The lowest BCUT2D eigenvalue weighted by molar-refractivity contribution is 0.102. The van der Waals surface area contributed by atoms with Crippen molar-refractivity contribution in [3.63, 3.8) is 0 Å². The minimum absolute atomic E-state index is 0.109. The summed E-state index contributed by atoms with van der Waals surface area (Å²) in [5.74, 6) is -2.20. The molecule has 0 fully saturated rings. The van der Waals surface area contributed by atoms with E-state index in [1.807, 2.05) is 0 Å². The summed E-state index contributed by atoms with van der Waals surface area (Å²) >= 11 is 6.16. The predicted molar refractivity (Wildman–Crippen MR) is 73.9 cm³/mol. The van der Waals surface area contributed by atoms with Crippen LogP contribution in [-0.4, -0.2) is 10.9 Å². The molecule has 1 heterocycles. The lowest BCUT2D eigenvalue weighted by atomic mass is 10.2. The molecule has 19 heavy (non-hydrogen) atoms. The first-order valence-electron chi connectivity index (χ1n) is 5.05. The van der Waals surface area contributed by atoms with Gasteiger partial charge in [-0.25, -0.2) is 13.8 Å². The lowest BCUT2D eigenvalue weighted by Crippen LogP contribution is -2.15. The fraction of sp³-hybridized carbons (Fsp3) is 0. The van der Waals surface area contributed by atoms with Crippen molar-refractivity contribution in [3.8, 4) is 0 Å². The van der Waals surface area contributed by atoms with E-state index in [1.165, 1.54) is 6.20 Å². The normalized spacial score (nSPS) is 10.3. The standard InChI is InChI=1S/C12H6Br2F2N2O/c13-7-2-1-3-17-11(7)12(19)18-10-8(14)4-6(15)5-9(10)16/h1-5H,(H,18,19). The summed E-state index contributed by atoms with van der Waals surface area (Å²) in [5.41, 5.74) is -0.0259. The Morgan fingerprint density at radius 2 is 1.95 bits per heavy atom. The number of carbonyl (C=O) groups excluding carboxylic acids is 1. The monoisotopic (exact) mass is 390 g/mol. The van der Waals surface area contributed by atoms with Crippen LogP contribution in [0, 0.1) is 11.6 Å². The lowest BCUT2D eigenvalue weighted by Gasteiger charge is -2.09. The molecule has 2 aromatic rings. The number of carbonyl (C=O) groups is 1. The molecule has 1 amide bonds. The quantitative estimate of drug-likeness (QED) is 0.835. The Kier molecular flexibility index (Phi) is 4.26. The van der Waals surface area contributed by atoms with Gasteiger partial charge in [0.25, 0.3) is 5.91 Å². The topological polar surface area (TPSA) is 42.0 Å². The molecular weight excluding hydrogens is 386 g/mol. The van der Waals surface area contributed by atoms with Crippen molar-refractivity contribution in [2.45, 2.75) is 0 Å². The van der Waals surface area contributed by atoms with Gasteiger partial charge in [-0.1, -0.05) is 0 Å². The number of benzene rings is 1. The second-order valence-corrected chi connectivity index (χ2v) is 5.24. The Morgan fingerprint density at radius 1 is 1.21 bits per heavy atom. The number of amides is 1. The summed E-state index contributed by atoms with van der Waals surface area (Å²) in [6.45, 7) is 0. The van der Waals surface area contributed by atoms with Crippen LogP contribution in [0.1, 0.15) is 10.5 Å². The summed E-state index contributed by atoms with van der Waals surface area (Å²) < 4.78 is 27.1. The molecule has 0 aliphatic heterocycles. The second kappa shape index (κ2) is 5.75. The first kappa shape index (κ1) is 14.1. The summed E-state index contributed by atoms with van der Waals surface area (Å²) in [6, 6.07) is 5.03. The van der Waals surface area contributed by atoms with Gasteiger partial charge in [-0.2, -0.15) is 0 Å². The van der Waals surface area contributed by atoms with Gasteiger partial charge in [0.2, 0.25) is 0 Å². The Hall–Kier alpha value is -1.34. The second-order valence-electron chi connectivity index (χ2n) is 3.53. The number of anilines is 1. The van der Waals surface area contributed by atoms with Crippen LogP contribution in [0.3, 0.4) is 0 Å². The minimum Gasteiger partial charge on any atom is -0.317 e. The molecule has 2 rings (SSSR count). The predicted octanol–water partition coefficient (Wildman–Crippen LogP) is 4.14. The van der Waals surface area contributed by atoms with E-state index in [-0.39, 0.29) is 15.9 Å². The van der Waals surface area contributed by atoms with E-state index >= 15 is 0 Å². The molecule has 7 heteroatoms. The highest BCUT2D eigenvalue weighted by Crippen LogP contribution is 2.27. The van der Waals surface area contributed by atoms with Gasteiger partial charge < -0.3 is 5.32 Å². The zero-order chi connectivity index (χ0) is 14.0. The third-order valence-corrected chi connectivity index (χ3v) is 3.48. The highest BCUT2D eigenvalue weighted by atomic mass is 79.9. The fourth-order valence-electron chi connectivity index (χ4n) is 1.39. The van der Waals surface area contributed by atoms with Crippen molar-refractivity contribution in [1.29, 1.82) is 0 Å². The third-order valence-electron chi connectivity index (χ3n) is 2.22. The SMILES string of the molecule is O=C(Nc1c(F)cc(F)cc1Br)c1ncccc1Br. The molecule has 1 N–H and O–H groups in total. The molecule has 0 saturated carbocycles. The average molecular weight is 392 g/mol. The van der Waals surface area contributed by atoms with Gasteiger partial charge in [-0.05, 0) is 50.1 Å². The molecule has 98 valence electrons. The summed E-state index contributed by atoms with van der Waals surface area (Å²) in [6.07, 6.45) is 1.44. The fourth-order valence-corrected chi connectivity index (χ4v) is 2.33. The van der Waals surface area contributed by atoms with Crippen molar-refractivity contribution < 1.29 is 13.6 Å². The van der Waals surface area contributed by atoms with E-state index in [0.29, 0.717) is 10.5 Å². The zero-order valence-corrected chi connectivity index (χ0v) is 12.4. The van der Waals surface area contributed by atoms with Crippen molar-refractivity contribution in [1.82, 2.24) is 4.98 Å². The van der Waals surface area contributed by atoms with Crippen LogP contribution in [0.5, 0.6) is 0 Å². The van der Waals surface area contributed by atoms with E-state index < -0.39 is 17.5 Å². The molecule has 0 aliphatic carbocycles. The largest absolute Gasteiger partial charge is 0.317 e. The van der Waals surface area contributed by atoms with Gasteiger partial charge in [0.1, 0.15) is 11.5 Å². The highest BCUT2D eigenvalue weighted by molar-refractivity contribution is 9.11. The van der Waals surface area contributed by atoms with Crippen molar-refractivity contribution in [3.05, 3.63) is 56.7 Å². The van der Waals surface area contributed by atoms with Gasteiger partial charge in [-0.3, -0.25) is 4.79 Å². The molecule has 0 bridgehead atoms. The number of halogens is 4. The number of hydrogen-bond acceptors (Lipinski definition) is 2. The molecule has 0 aliphatic rings. The minimum atomic E-state index is -0.868. The molecular formula is C12H6Br2F2N2O. The van der Waals surface area contributed by atoms with Gasteiger partial charge in [0, 0.05) is 21.2 Å². The number of pyridine rings is 1. The molecule has 0 spiro atoms. The maximum atomic E-state index is 13.6. The molecule has 3 nitrogen and oxygen atoms in total. The molecule has 0 atom stereocenters. The smallest absolute Gasteiger partial charge is 0.275 e. The van der Waals surface area contributed by atoms with Gasteiger partial charge in [0.05, 0.1) is 5.69 Å². The van der Waals surface area contributed by atoms with Crippen molar-refractivity contribution in [2.75, 3.05) is 5.32 Å². The maximum absolute atomic E-state index is 13.6. The van der Waals surface area contributed by atoms with E-state index in [2.05, 4.69) is 42.2 Å². The van der Waals surface area contributed by atoms with Crippen LogP contribution < -0.4 is 5.32 Å². The molecule has 0 unspecified atom stereocenters. The first-order valence-corrected chi connectivity index (χ1v) is 6.64. The number of nitrogens with one attached hydrogen (secondary N) is 1. The van der Waals surface area contributed by atoms with Crippen LogP contribution in [0.4, 0.5) is 14.5 Å². The summed E-state index contributed by atoms with van der Waals surface area (Å²) in [5, 5.41) is 2.34. The van der Waals surface area contributed by atoms with Crippen LogP contribution >= 0.6 is 31.9 Å². The number of aromatic nitrogens is 1. The van der Waals surface area contributed by atoms with Crippen molar-refractivity contribution >= 4 is 43.5 Å². The Balaban J connectivity index is 2.32. The van der Waals surface area contributed by atoms with Gasteiger partial charge in [0.15, 0.2) is 5.82 Å². The maximum Gasteiger partial charge on any atom is 0.275 e. The van der Waals surface area contributed by atoms with Crippen LogP contribution in [-0.2, 0) is 0 Å². The highest BCUT2D eigenvalue weighted by Gasteiger charge is 2.16. The Morgan fingerprint density at radius 3 is 2.58 bits per heavy atom. The van der Waals surface area contributed by atoms with Crippen molar-refractivity contribution in [2.24, 2.45) is 0 Å². The van der Waals surface area contributed by atoms with Gasteiger partial charge in [-0.15, -0.1) is 0 Å². The molecule has 1 aromatic carbocycles. The van der Waals surface area contributed by atoms with Crippen LogP contribution in [0.2, 0.25) is 0 Å². The first-order chi connectivity index (χ1) is 8.99. The zero-order valence-electron chi connectivity index (χ0n) is 9.25. The van der Waals surface area contributed by atoms with Crippen LogP contribution in [0.25, 0.3) is 0 Å². The van der Waals surface area contributed by atoms with E-state index in [4.69, 9.17) is 0 Å². The summed E-state index contributed by atoms with van der Waals surface area (Å²) in [7, 11) is 0. The Labute approximate surface area is 124 Å². The Bertz CT molecular complexity index is 626. The molecule has 0 saturated heterocycles. The van der Waals surface area contributed by atoms with E-state index in [0.717, 1.165) is 6.07 Å². The average Bonchev–Trinajstić information content (AvgIpc) is 2.34. The third kappa shape index (κ3) is 3.16. The number of nitrogens with zero attached hydrogens (tertiary/aromatic N) is 1. The number of hydrogen-bond donors (Lipinski definition) is 1. The van der Waals surface area contributed by atoms with E-state index in [1.54, 1.807) is 12.1 Å². The van der Waals surface area contributed by atoms with Gasteiger partial charge >= 0.3 is 0 Å². The summed E-state index contributed by atoms with van der Waals surface area (Å²) in [4.78, 5) is 15.8. The number of rotatable bonds is 2. The molecule has 1 aromatic heterocycles. The molecule has 0 radical (unpaired) electrons. The van der Waals surface area contributed by atoms with E-state index in [9.17, 15) is 13.6 Å².